The Balaban J connectivity index is 2.39. The molecule has 0 bridgehead atoms. The Morgan fingerprint density at radius 2 is 1.95 bits per heavy atom. The number of hydrogen-bond acceptors (Lipinski definition) is 2. The standard InChI is InChI=1S/C16H26BrNO/c1-12(2)6-5-7-13(3)18-11-14-10-15(19-4)8-9-16(14)17/h8-10,12-13,18H,5-7,11H2,1-4H3. The van der Waals surface area contributed by atoms with E-state index in [9.17, 15) is 0 Å². The van der Waals surface area contributed by atoms with E-state index >= 15 is 0 Å². The molecule has 0 spiro atoms. The quantitative estimate of drug-likeness (QED) is 0.743. The van der Waals surface area contributed by atoms with Crippen molar-refractivity contribution in [1.29, 1.82) is 0 Å². The van der Waals surface area contributed by atoms with Gasteiger partial charge < -0.3 is 10.1 Å². The third-order valence-corrected chi connectivity index (χ3v) is 4.09. The molecule has 0 aliphatic rings. The van der Waals surface area contributed by atoms with Crippen LogP contribution in [0.3, 0.4) is 0 Å². The smallest absolute Gasteiger partial charge is 0.119 e. The van der Waals surface area contributed by atoms with E-state index in [0.29, 0.717) is 6.04 Å². The maximum absolute atomic E-state index is 5.26. The van der Waals surface area contributed by atoms with Crippen LogP contribution in [0, 0.1) is 5.92 Å². The Kier molecular flexibility index (Phi) is 7.47. The molecule has 0 saturated carbocycles. The van der Waals surface area contributed by atoms with Crippen LogP contribution in [0.2, 0.25) is 0 Å². The summed E-state index contributed by atoms with van der Waals surface area (Å²) in [5.41, 5.74) is 1.25. The lowest BCUT2D eigenvalue weighted by molar-refractivity contribution is 0.413. The molecule has 0 radical (unpaired) electrons. The summed E-state index contributed by atoms with van der Waals surface area (Å²) in [6, 6.07) is 6.65. The van der Waals surface area contributed by atoms with Crippen molar-refractivity contribution in [2.24, 2.45) is 5.92 Å². The SMILES string of the molecule is COc1ccc(Br)c(CNC(C)CCCC(C)C)c1. The Hall–Kier alpha value is -0.540. The lowest BCUT2D eigenvalue weighted by Crippen LogP contribution is -2.25. The lowest BCUT2D eigenvalue weighted by Gasteiger charge is -2.15. The van der Waals surface area contributed by atoms with Gasteiger partial charge in [-0.3, -0.25) is 0 Å². The van der Waals surface area contributed by atoms with Crippen LogP contribution in [0.4, 0.5) is 0 Å². The molecule has 0 fully saturated rings. The summed E-state index contributed by atoms with van der Waals surface area (Å²) in [5.74, 6) is 1.71. The first-order chi connectivity index (χ1) is 9.02. The second-order valence-corrected chi connectivity index (χ2v) is 6.42. The minimum absolute atomic E-state index is 0.553. The van der Waals surface area contributed by atoms with Crippen LogP contribution in [0.25, 0.3) is 0 Å². The molecule has 0 aliphatic carbocycles. The molecular formula is C16H26BrNO. The highest BCUT2D eigenvalue weighted by Gasteiger charge is 2.06. The Labute approximate surface area is 126 Å². The van der Waals surface area contributed by atoms with E-state index in [2.05, 4.69) is 48.1 Å². The number of methoxy groups -OCH3 is 1. The van der Waals surface area contributed by atoms with Crippen LogP contribution in [0.5, 0.6) is 5.75 Å². The molecule has 0 aliphatic heterocycles. The second-order valence-electron chi connectivity index (χ2n) is 5.56. The maximum atomic E-state index is 5.26. The predicted molar refractivity (Wildman–Crippen MR) is 85.7 cm³/mol. The fraction of sp³-hybridized carbons (Fsp3) is 0.625. The average molecular weight is 328 g/mol. The lowest BCUT2D eigenvalue weighted by atomic mass is 10.0. The maximum Gasteiger partial charge on any atom is 0.119 e. The van der Waals surface area contributed by atoms with Crippen LogP contribution in [-0.4, -0.2) is 13.2 Å². The van der Waals surface area contributed by atoms with Gasteiger partial charge in [-0.05, 0) is 43.0 Å². The zero-order valence-electron chi connectivity index (χ0n) is 12.5. The first-order valence-corrected chi connectivity index (χ1v) is 7.88. The normalized spacial score (nSPS) is 12.7. The van der Waals surface area contributed by atoms with Gasteiger partial charge in [-0.2, -0.15) is 0 Å². The summed E-state index contributed by atoms with van der Waals surface area (Å²) in [4.78, 5) is 0. The molecule has 1 atom stereocenters. The molecule has 1 rings (SSSR count). The van der Waals surface area contributed by atoms with E-state index in [1.54, 1.807) is 7.11 Å². The van der Waals surface area contributed by atoms with E-state index in [-0.39, 0.29) is 0 Å². The highest BCUT2D eigenvalue weighted by Crippen LogP contribution is 2.22. The molecule has 1 unspecified atom stereocenters. The van der Waals surface area contributed by atoms with Crippen LogP contribution >= 0.6 is 15.9 Å². The zero-order chi connectivity index (χ0) is 14.3. The summed E-state index contributed by atoms with van der Waals surface area (Å²) >= 11 is 3.59. The number of nitrogens with one attached hydrogen (secondary N) is 1. The third kappa shape index (κ3) is 6.44. The predicted octanol–water partition coefficient (Wildman–Crippen LogP) is 4.76. The summed E-state index contributed by atoms with van der Waals surface area (Å²) in [7, 11) is 1.70. The molecule has 2 nitrogen and oxygen atoms in total. The Morgan fingerprint density at radius 3 is 2.58 bits per heavy atom. The van der Waals surface area contributed by atoms with Crippen LogP contribution < -0.4 is 10.1 Å². The summed E-state index contributed by atoms with van der Waals surface area (Å²) < 4.78 is 6.39. The molecule has 0 amide bonds. The van der Waals surface area contributed by atoms with Crippen molar-refractivity contribution in [3.8, 4) is 5.75 Å². The number of hydrogen-bond donors (Lipinski definition) is 1. The van der Waals surface area contributed by atoms with Crippen molar-refractivity contribution >= 4 is 15.9 Å². The molecular weight excluding hydrogens is 302 g/mol. The van der Waals surface area contributed by atoms with E-state index in [1.165, 1.54) is 24.8 Å². The molecule has 19 heavy (non-hydrogen) atoms. The van der Waals surface area contributed by atoms with E-state index < -0.39 is 0 Å². The molecule has 1 aromatic carbocycles. The summed E-state index contributed by atoms with van der Waals surface area (Å²) in [6.07, 6.45) is 3.85. The molecule has 1 aromatic rings. The first kappa shape index (κ1) is 16.5. The molecule has 0 saturated heterocycles. The summed E-state index contributed by atoms with van der Waals surface area (Å²) in [6.45, 7) is 7.70. The average Bonchev–Trinajstić information content (AvgIpc) is 2.37. The zero-order valence-corrected chi connectivity index (χ0v) is 14.1. The van der Waals surface area contributed by atoms with Crippen LogP contribution in [0.1, 0.15) is 45.6 Å². The van der Waals surface area contributed by atoms with Crippen LogP contribution in [-0.2, 0) is 6.54 Å². The van der Waals surface area contributed by atoms with E-state index in [0.717, 1.165) is 22.7 Å². The topological polar surface area (TPSA) is 21.3 Å². The van der Waals surface area contributed by atoms with E-state index in [1.807, 2.05) is 12.1 Å². The minimum Gasteiger partial charge on any atom is -0.497 e. The van der Waals surface area contributed by atoms with Gasteiger partial charge in [0.25, 0.3) is 0 Å². The monoisotopic (exact) mass is 327 g/mol. The molecule has 0 heterocycles. The molecule has 1 N–H and O–H groups in total. The van der Waals surface area contributed by atoms with E-state index in [4.69, 9.17) is 4.74 Å². The van der Waals surface area contributed by atoms with Gasteiger partial charge in [0.05, 0.1) is 7.11 Å². The Morgan fingerprint density at radius 1 is 1.21 bits per heavy atom. The summed E-state index contributed by atoms with van der Waals surface area (Å²) in [5, 5.41) is 3.58. The van der Waals surface area contributed by atoms with Crippen molar-refractivity contribution in [1.82, 2.24) is 5.32 Å². The van der Waals surface area contributed by atoms with Gasteiger partial charge in [0, 0.05) is 17.1 Å². The Bertz CT molecular complexity index is 379. The molecule has 108 valence electrons. The fourth-order valence-electron chi connectivity index (χ4n) is 2.03. The fourth-order valence-corrected chi connectivity index (χ4v) is 2.42. The van der Waals surface area contributed by atoms with Gasteiger partial charge in [0.15, 0.2) is 0 Å². The number of rotatable bonds is 8. The van der Waals surface area contributed by atoms with Gasteiger partial charge in [-0.1, -0.05) is 42.6 Å². The van der Waals surface area contributed by atoms with Crippen molar-refractivity contribution in [3.05, 3.63) is 28.2 Å². The largest absolute Gasteiger partial charge is 0.497 e. The highest BCUT2D eigenvalue weighted by molar-refractivity contribution is 9.10. The van der Waals surface area contributed by atoms with Crippen molar-refractivity contribution < 1.29 is 4.74 Å². The number of benzene rings is 1. The van der Waals surface area contributed by atoms with Gasteiger partial charge in [-0.15, -0.1) is 0 Å². The second kappa shape index (κ2) is 8.60. The van der Waals surface area contributed by atoms with Gasteiger partial charge >= 0.3 is 0 Å². The number of halogens is 1. The van der Waals surface area contributed by atoms with Crippen molar-refractivity contribution in [2.75, 3.05) is 7.11 Å². The van der Waals surface area contributed by atoms with Gasteiger partial charge in [0.1, 0.15) is 5.75 Å². The minimum atomic E-state index is 0.553. The first-order valence-electron chi connectivity index (χ1n) is 7.08. The van der Waals surface area contributed by atoms with Gasteiger partial charge in [0.2, 0.25) is 0 Å². The molecule has 3 heteroatoms. The van der Waals surface area contributed by atoms with Crippen molar-refractivity contribution in [2.45, 2.75) is 52.6 Å². The van der Waals surface area contributed by atoms with Crippen molar-refractivity contribution in [3.63, 3.8) is 0 Å². The third-order valence-electron chi connectivity index (χ3n) is 3.31. The highest BCUT2D eigenvalue weighted by atomic mass is 79.9. The molecule has 0 aromatic heterocycles. The number of ether oxygens (including phenoxy) is 1. The van der Waals surface area contributed by atoms with Gasteiger partial charge in [-0.25, -0.2) is 0 Å². The van der Waals surface area contributed by atoms with Crippen LogP contribution in [0.15, 0.2) is 22.7 Å².